The maximum Gasteiger partial charge on any atom is 0.407 e. The Hall–Kier alpha value is -5.59. The molecule has 28 heteroatoms. The number of carbonyl (C=O) groups is 9. The molecule has 8 aliphatic rings. The van der Waals surface area contributed by atoms with Crippen molar-refractivity contribution in [1.82, 2.24) is 62.1 Å². The van der Waals surface area contributed by atoms with Gasteiger partial charge < -0.3 is 71.1 Å². The Labute approximate surface area is 628 Å². The van der Waals surface area contributed by atoms with E-state index >= 15 is 4.79 Å². The van der Waals surface area contributed by atoms with Gasteiger partial charge in [-0.2, -0.15) is 0 Å². The second-order valence-corrected chi connectivity index (χ2v) is 31.4. The van der Waals surface area contributed by atoms with Crippen LogP contribution in [-0.4, -0.2) is 257 Å². The number of fused-ring (bicyclic) bond motifs is 21. The maximum absolute atomic E-state index is 15.3. The van der Waals surface area contributed by atoms with Crippen LogP contribution in [0.15, 0.2) is 46.6 Å². The van der Waals surface area contributed by atoms with Gasteiger partial charge in [-0.25, -0.2) is 4.79 Å². The van der Waals surface area contributed by atoms with Crippen LogP contribution in [0, 0.1) is 23.7 Å². The van der Waals surface area contributed by atoms with Gasteiger partial charge in [0.25, 0.3) is 5.91 Å². The highest BCUT2D eigenvalue weighted by Crippen LogP contribution is 2.36. The quantitative estimate of drug-likeness (QED) is 0.0372. The van der Waals surface area contributed by atoms with Crippen molar-refractivity contribution in [2.45, 2.75) is 211 Å². The molecule has 8 bridgehead atoms. The molecule has 4 fully saturated rings. The summed E-state index contributed by atoms with van der Waals surface area (Å²) in [4.78, 5) is 138. The normalized spacial score (nSPS) is 27.6. The van der Waals surface area contributed by atoms with Crippen LogP contribution in [0.3, 0.4) is 0 Å². The molecule has 8 N–H and O–H groups in total. The summed E-state index contributed by atoms with van der Waals surface area (Å²) in [5.41, 5.74) is 0.940. The molecule has 4 aliphatic heterocycles. The molecule has 0 spiro atoms. The van der Waals surface area contributed by atoms with Gasteiger partial charge in [0.1, 0.15) is 10.3 Å². The lowest BCUT2D eigenvalue weighted by atomic mass is 9.84. The van der Waals surface area contributed by atoms with E-state index in [9.17, 15) is 38.4 Å². The number of hydrogen-bond donors (Lipinski definition) is 9. The zero-order valence-electron chi connectivity index (χ0n) is 63.4. The number of allylic oxidation sites excluding steroid dienone is 4. The summed E-state index contributed by atoms with van der Waals surface area (Å²) in [6, 6.07) is -0.500. The third kappa shape index (κ3) is 27.6. The number of alkyl carbamates (subject to hydrolysis) is 1. The van der Waals surface area contributed by atoms with E-state index < -0.39 is 65.8 Å². The second kappa shape index (κ2) is 45.9. The van der Waals surface area contributed by atoms with Gasteiger partial charge in [0, 0.05) is 172 Å². The van der Waals surface area contributed by atoms with Crippen LogP contribution in [0.4, 0.5) is 4.79 Å². The predicted octanol–water partition coefficient (Wildman–Crippen LogP) is 5.67. The predicted molar refractivity (Wildman–Crippen MR) is 406 cm³/mol. The van der Waals surface area contributed by atoms with Crippen LogP contribution in [0.1, 0.15) is 170 Å². The molecular weight excluding hydrogens is 1370 g/mol. The fourth-order valence-corrected chi connectivity index (χ4v) is 15.8. The first-order valence-corrected chi connectivity index (χ1v) is 40.8. The van der Waals surface area contributed by atoms with Crippen molar-refractivity contribution in [2.24, 2.45) is 23.7 Å². The number of nitrogens with zero attached hydrogens (tertiary/aromatic N) is 4. The van der Waals surface area contributed by atoms with Gasteiger partial charge >= 0.3 is 6.09 Å². The van der Waals surface area contributed by atoms with E-state index in [1.807, 2.05) is 29.2 Å². The fraction of sp³-hybridized carbons (Fsp3) is 0.776. The van der Waals surface area contributed by atoms with Crippen LogP contribution in [-0.2, 0) is 62.0 Å². The summed E-state index contributed by atoms with van der Waals surface area (Å²) in [6.45, 7) is 20.2. The Balaban J connectivity index is 1.27. The first-order chi connectivity index (χ1) is 50.2. The Kier molecular flexibility index (Phi) is 37.8. The number of carbonyl (C=O) groups excluding carboxylic acids is 9. The molecule has 26 nitrogen and oxygen atoms in total. The maximum atomic E-state index is 15.3. The minimum Gasteiger partial charge on any atom is -0.444 e. The smallest absolute Gasteiger partial charge is 0.407 e. The van der Waals surface area contributed by atoms with Gasteiger partial charge in [0.15, 0.2) is 0 Å². The summed E-state index contributed by atoms with van der Waals surface area (Å²) in [6.07, 6.45) is 15.4. The Bertz CT molecular complexity index is 2830. The molecule has 0 aromatic rings. The monoisotopic (exact) mass is 1490 g/mol. The number of thioether (sulfide) groups is 1. The number of hydrogen-bond acceptors (Lipinski definition) is 19. The third-order valence-corrected chi connectivity index (χ3v) is 22.0. The Morgan fingerprint density at radius 3 is 1.38 bits per heavy atom. The summed E-state index contributed by atoms with van der Waals surface area (Å²) < 4.78 is 31.3. The van der Waals surface area contributed by atoms with Crippen molar-refractivity contribution in [2.75, 3.05) is 143 Å². The minimum atomic E-state index is -0.835. The van der Waals surface area contributed by atoms with Gasteiger partial charge in [0.05, 0.1) is 48.1 Å². The van der Waals surface area contributed by atoms with E-state index in [0.717, 1.165) is 57.1 Å². The molecule has 0 aromatic heterocycles. The van der Waals surface area contributed by atoms with Gasteiger partial charge in [-0.15, -0.1) is 24.4 Å². The van der Waals surface area contributed by atoms with Gasteiger partial charge in [0.2, 0.25) is 41.4 Å². The standard InChI is InChI=1S/C76H126N12O14S2/c1-8-12-47-98-62-54-23-18-26-57(62)69(92)80-35-41-86-42-36-81-70(93)58-27-19-24-55(63(58)99-48-13-9-2)67(90)78-33-39-85(38-32-77-66(54)89)40-34-79-68(91)56-25-20-28-59(64(56)100-49-14-10-3)71(94)82-37-43-87(45-44-86)52-53(22-16-17-31-83-74(97)102-76(5,6)7)84-72(95)60-29-21-30-61(65(60)101-50-15-11-4)73(96)88-46-51-104-75(88)103/h23-25,30,53,57-60,62-65,75,103H,8-22,26-29,31-52H2,1-7H3,(H,77,89)(H,78,90)(H,79,91)(H,80,92)(H,81,93)(H,82,94)(H,83,97)(H,84,95)/t53?,57-,58+,59-,60+,62?,63?,64?,65?,75?/m1/s1. The summed E-state index contributed by atoms with van der Waals surface area (Å²) >= 11 is 6.31. The first kappa shape index (κ1) is 85.7. The molecule has 586 valence electrons. The lowest BCUT2D eigenvalue weighted by Crippen LogP contribution is -2.52. The number of unbranched alkanes of at least 4 members (excludes halogenated alkanes) is 5. The zero-order chi connectivity index (χ0) is 74.8. The summed E-state index contributed by atoms with van der Waals surface area (Å²) in [5, 5.41) is 25.4. The van der Waals surface area contributed by atoms with Crippen LogP contribution < -0.4 is 42.5 Å². The Morgan fingerprint density at radius 2 is 0.952 bits per heavy atom. The van der Waals surface area contributed by atoms with Crippen LogP contribution in [0.25, 0.3) is 0 Å². The molecule has 4 saturated heterocycles. The van der Waals surface area contributed by atoms with Gasteiger partial charge in [-0.1, -0.05) is 77.7 Å². The van der Waals surface area contributed by atoms with Crippen molar-refractivity contribution in [3.63, 3.8) is 0 Å². The second-order valence-electron chi connectivity index (χ2n) is 29.4. The topological polar surface area (TPSA) is 309 Å². The average Bonchev–Trinajstić information content (AvgIpc) is 1.15. The fourth-order valence-electron chi connectivity index (χ4n) is 14.4. The van der Waals surface area contributed by atoms with Crippen LogP contribution >= 0.6 is 24.4 Å². The number of ether oxygens (including phenoxy) is 5. The van der Waals surface area contributed by atoms with Gasteiger partial charge in [-0.3, -0.25) is 53.1 Å². The number of rotatable bonds is 26. The van der Waals surface area contributed by atoms with Crippen molar-refractivity contribution < 1.29 is 66.8 Å². The first-order valence-electron chi connectivity index (χ1n) is 39.2. The molecule has 104 heavy (non-hydrogen) atoms. The lowest BCUT2D eigenvalue weighted by molar-refractivity contribution is -0.134. The van der Waals surface area contributed by atoms with Gasteiger partial charge in [-0.05, 0) is 117 Å². The van der Waals surface area contributed by atoms with Crippen molar-refractivity contribution in [3.8, 4) is 0 Å². The highest BCUT2D eigenvalue weighted by Gasteiger charge is 2.43. The van der Waals surface area contributed by atoms with E-state index in [1.165, 1.54) is 0 Å². The molecule has 0 aromatic carbocycles. The molecule has 8 rings (SSSR count). The lowest BCUT2D eigenvalue weighted by Gasteiger charge is -2.36. The van der Waals surface area contributed by atoms with Crippen molar-refractivity contribution >= 4 is 77.7 Å². The molecule has 0 radical (unpaired) electrons. The van der Waals surface area contributed by atoms with E-state index in [2.05, 4.69) is 80.0 Å². The Morgan fingerprint density at radius 1 is 0.529 bits per heavy atom. The van der Waals surface area contributed by atoms with E-state index in [1.54, 1.807) is 37.4 Å². The van der Waals surface area contributed by atoms with Crippen LogP contribution in [0.2, 0.25) is 0 Å². The zero-order valence-corrected chi connectivity index (χ0v) is 65.1. The SMILES string of the molecule is CCCCOC1C2=CCC[C@@H]1C(=O)NCCN1CCNC(=O)[C@@H]3CCC=C(C(=O)NCCN(CCNC2=O)CCNC(=O)C2=CCC[C@@H](C(=O)NCCN(CC(CCCCNC(=O)OC(C)(C)C)NC(=O)[C@H]4CCC=C(C(=O)N5CCSC5S)C4OCCCC)CC1)C2OCCCC)C3OCCCC. The molecule has 0 saturated carbocycles. The highest BCUT2D eigenvalue weighted by atomic mass is 32.2. The van der Waals surface area contributed by atoms with Crippen molar-refractivity contribution in [1.29, 1.82) is 0 Å². The molecule has 12 atom stereocenters. The third-order valence-electron chi connectivity index (χ3n) is 20.3. The number of thiol groups is 1. The molecule has 8 unspecified atom stereocenters. The molecular formula is C76H126N12O14S2. The largest absolute Gasteiger partial charge is 0.444 e. The highest BCUT2D eigenvalue weighted by molar-refractivity contribution is 8.10. The minimum absolute atomic E-state index is 0.180. The average molecular weight is 1500 g/mol. The molecule has 4 aliphatic carbocycles. The van der Waals surface area contributed by atoms with E-state index in [0.29, 0.717) is 191 Å². The number of amides is 9. The van der Waals surface area contributed by atoms with Crippen molar-refractivity contribution in [3.05, 3.63) is 46.6 Å². The van der Waals surface area contributed by atoms with Crippen LogP contribution in [0.5, 0.6) is 0 Å². The van der Waals surface area contributed by atoms with E-state index in [-0.39, 0.29) is 91.2 Å². The van der Waals surface area contributed by atoms with E-state index in [4.69, 9.17) is 36.3 Å². The summed E-state index contributed by atoms with van der Waals surface area (Å²) in [7, 11) is 0. The summed E-state index contributed by atoms with van der Waals surface area (Å²) in [5.74, 6) is -4.20. The molecule has 9 amide bonds. The number of nitrogens with one attached hydrogen (secondary N) is 8. The molecule has 4 heterocycles.